The Hall–Kier alpha value is -2.40. The molecule has 0 aliphatic carbocycles. The Labute approximate surface area is 128 Å². The Morgan fingerprint density at radius 2 is 2.00 bits per heavy atom. The highest BCUT2D eigenvalue weighted by Crippen LogP contribution is 2.22. The van der Waals surface area contributed by atoms with E-state index >= 15 is 0 Å². The molecule has 0 fully saturated rings. The molecule has 5 heteroatoms. The van der Waals surface area contributed by atoms with E-state index in [-0.39, 0.29) is 5.82 Å². The molecule has 0 radical (unpaired) electrons. The molecule has 0 aliphatic heterocycles. The number of aromatic nitrogens is 2. The van der Waals surface area contributed by atoms with Crippen LogP contribution < -0.4 is 5.32 Å². The number of furan rings is 1. The molecule has 0 spiro atoms. The second kappa shape index (κ2) is 7.04. The van der Waals surface area contributed by atoms with Crippen LogP contribution >= 0.6 is 0 Å². The minimum atomic E-state index is -0.241. The van der Waals surface area contributed by atoms with Crippen molar-refractivity contribution in [1.29, 1.82) is 0 Å². The van der Waals surface area contributed by atoms with Crippen molar-refractivity contribution in [2.24, 2.45) is 0 Å². The van der Waals surface area contributed by atoms with Gasteiger partial charge < -0.3 is 14.3 Å². The monoisotopic (exact) mass is 299 g/mol. The van der Waals surface area contributed by atoms with Gasteiger partial charge in [-0.25, -0.2) is 9.37 Å². The van der Waals surface area contributed by atoms with Gasteiger partial charge >= 0.3 is 0 Å². The molecule has 0 atom stereocenters. The molecule has 0 aliphatic rings. The van der Waals surface area contributed by atoms with Crippen molar-refractivity contribution in [3.63, 3.8) is 0 Å². The van der Waals surface area contributed by atoms with Gasteiger partial charge in [-0.15, -0.1) is 0 Å². The van der Waals surface area contributed by atoms with Gasteiger partial charge in [-0.3, -0.25) is 0 Å². The van der Waals surface area contributed by atoms with Crippen LogP contribution in [0.5, 0.6) is 0 Å². The molecule has 22 heavy (non-hydrogen) atoms. The van der Waals surface area contributed by atoms with Gasteiger partial charge in [0.2, 0.25) is 0 Å². The van der Waals surface area contributed by atoms with Gasteiger partial charge in [0.05, 0.1) is 12.9 Å². The van der Waals surface area contributed by atoms with Gasteiger partial charge in [0.25, 0.3) is 0 Å². The smallest absolute Gasteiger partial charge is 0.134 e. The molecule has 1 N–H and O–H groups in total. The van der Waals surface area contributed by atoms with Crippen LogP contribution in [0.3, 0.4) is 0 Å². The molecule has 2 aromatic heterocycles. The number of aryl methyl sites for hydroxylation is 1. The first-order valence-electron chi connectivity index (χ1n) is 7.32. The third kappa shape index (κ3) is 3.83. The first-order chi connectivity index (χ1) is 10.8. The Bertz CT molecular complexity index is 689. The number of benzene rings is 1. The molecule has 3 aromatic rings. The van der Waals surface area contributed by atoms with Crippen LogP contribution in [0.15, 0.2) is 59.5 Å². The third-order valence-electron chi connectivity index (χ3n) is 3.42. The van der Waals surface area contributed by atoms with Crippen LogP contribution in [0.2, 0.25) is 0 Å². The Morgan fingerprint density at radius 3 is 2.77 bits per heavy atom. The summed E-state index contributed by atoms with van der Waals surface area (Å²) in [5.74, 6) is 1.40. The zero-order valence-electron chi connectivity index (χ0n) is 12.2. The Morgan fingerprint density at radius 1 is 1.14 bits per heavy atom. The Balaban J connectivity index is 1.44. The van der Waals surface area contributed by atoms with E-state index in [0.717, 1.165) is 36.6 Å². The maximum absolute atomic E-state index is 12.9. The van der Waals surface area contributed by atoms with Crippen LogP contribution in [-0.4, -0.2) is 16.1 Å². The fourth-order valence-electron chi connectivity index (χ4n) is 2.26. The van der Waals surface area contributed by atoms with Crippen LogP contribution in [0, 0.1) is 5.82 Å². The van der Waals surface area contributed by atoms with E-state index in [1.807, 2.05) is 24.7 Å². The molecular weight excluding hydrogens is 281 g/mol. The SMILES string of the molecule is Fc1ccc(-c2ccc(CNCCCn3ccnc3)o2)cc1. The second-order valence-corrected chi connectivity index (χ2v) is 5.10. The maximum Gasteiger partial charge on any atom is 0.134 e. The summed E-state index contributed by atoms with van der Waals surface area (Å²) in [5.41, 5.74) is 0.882. The lowest BCUT2D eigenvalue weighted by Gasteiger charge is -2.04. The first-order valence-corrected chi connectivity index (χ1v) is 7.32. The van der Waals surface area contributed by atoms with E-state index in [2.05, 4.69) is 14.9 Å². The quantitative estimate of drug-likeness (QED) is 0.679. The molecule has 4 nitrogen and oxygen atoms in total. The van der Waals surface area contributed by atoms with Crippen molar-refractivity contribution in [1.82, 2.24) is 14.9 Å². The van der Waals surface area contributed by atoms with Crippen molar-refractivity contribution in [3.05, 3.63) is 66.7 Å². The number of rotatable bonds is 7. The molecule has 2 heterocycles. The molecule has 0 bridgehead atoms. The van der Waals surface area contributed by atoms with Crippen LogP contribution in [-0.2, 0) is 13.1 Å². The van der Waals surface area contributed by atoms with Crippen LogP contribution in [0.4, 0.5) is 4.39 Å². The molecule has 0 amide bonds. The summed E-state index contributed by atoms with van der Waals surface area (Å²) in [6.07, 6.45) is 6.60. The van der Waals surface area contributed by atoms with E-state index in [0.29, 0.717) is 6.54 Å². The summed E-state index contributed by atoms with van der Waals surface area (Å²) in [6.45, 7) is 2.54. The van der Waals surface area contributed by atoms with Crippen molar-refractivity contribution in [2.45, 2.75) is 19.5 Å². The normalized spacial score (nSPS) is 11.0. The minimum absolute atomic E-state index is 0.241. The van der Waals surface area contributed by atoms with Gasteiger partial charge in [-0.05, 0) is 49.4 Å². The van der Waals surface area contributed by atoms with E-state index < -0.39 is 0 Å². The van der Waals surface area contributed by atoms with E-state index in [4.69, 9.17) is 4.42 Å². The van der Waals surface area contributed by atoms with E-state index in [9.17, 15) is 4.39 Å². The molecule has 3 rings (SSSR count). The van der Waals surface area contributed by atoms with Crippen molar-refractivity contribution < 1.29 is 8.81 Å². The summed E-state index contributed by atoms with van der Waals surface area (Å²) in [6, 6.07) is 10.2. The average molecular weight is 299 g/mol. The highest BCUT2D eigenvalue weighted by Gasteiger charge is 2.04. The van der Waals surface area contributed by atoms with E-state index in [1.54, 1.807) is 18.3 Å². The summed E-state index contributed by atoms with van der Waals surface area (Å²) in [4.78, 5) is 4.01. The highest BCUT2D eigenvalue weighted by molar-refractivity contribution is 5.57. The number of nitrogens with zero attached hydrogens (tertiary/aromatic N) is 2. The van der Waals surface area contributed by atoms with Gasteiger partial charge in [0.1, 0.15) is 17.3 Å². The molecule has 1 aromatic carbocycles. The maximum atomic E-state index is 12.9. The molecule has 0 saturated carbocycles. The lowest BCUT2D eigenvalue weighted by Crippen LogP contribution is -2.15. The fraction of sp³-hybridized carbons (Fsp3) is 0.235. The Kier molecular flexibility index (Phi) is 4.65. The number of imidazole rings is 1. The average Bonchev–Trinajstić information content (AvgIpc) is 3.19. The summed E-state index contributed by atoms with van der Waals surface area (Å²) in [5, 5.41) is 3.35. The summed E-state index contributed by atoms with van der Waals surface area (Å²) < 4.78 is 20.7. The molecule has 0 saturated heterocycles. The largest absolute Gasteiger partial charge is 0.460 e. The topological polar surface area (TPSA) is 43.0 Å². The fourth-order valence-corrected chi connectivity index (χ4v) is 2.26. The summed E-state index contributed by atoms with van der Waals surface area (Å²) >= 11 is 0. The van der Waals surface area contributed by atoms with Crippen molar-refractivity contribution in [3.8, 4) is 11.3 Å². The molecule has 114 valence electrons. The number of hydrogen-bond donors (Lipinski definition) is 1. The van der Waals surface area contributed by atoms with Gasteiger partial charge in [-0.2, -0.15) is 0 Å². The zero-order valence-corrected chi connectivity index (χ0v) is 12.2. The third-order valence-corrected chi connectivity index (χ3v) is 3.42. The molecular formula is C17H18FN3O. The molecule has 0 unspecified atom stereocenters. The lowest BCUT2D eigenvalue weighted by molar-refractivity contribution is 0.484. The summed E-state index contributed by atoms with van der Waals surface area (Å²) in [7, 11) is 0. The highest BCUT2D eigenvalue weighted by atomic mass is 19.1. The number of halogens is 1. The van der Waals surface area contributed by atoms with Crippen LogP contribution in [0.1, 0.15) is 12.2 Å². The van der Waals surface area contributed by atoms with E-state index in [1.165, 1.54) is 12.1 Å². The number of hydrogen-bond acceptors (Lipinski definition) is 3. The minimum Gasteiger partial charge on any atom is -0.460 e. The van der Waals surface area contributed by atoms with Crippen LogP contribution in [0.25, 0.3) is 11.3 Å². The van der Waals surface area contributed by atoms with Gasteiger partial charge in [0.15, 0.2) is 0 Å². The van der Waals surface area contributed by atoms with Crippen molar-refractivity contribution in [2.75, 3.05) is 6.54 Å². The van der Waals surface area contributed by atoms with Crippen molar-refractivity contribution >= 4 is 0 Å². The van der Waals surface area contributed by atoms with Gasteiger partial charge in [-0.1, -0.05) is 0 Å². The van der Waals surface area contributed by atoms with Gasteiger partial charge in [0, 0.05) is 24.5 Å². The standard InChI is InChI=1S/C17H18FN3O/c18-15-4-2-14(3-5-15)17-7-6-16(22-17)12-19-8-1-10-21-11-9-20-13-21/h2-7,9,11,13,19H,1,8,10,12H2. The number of nitrogens with one attached hydrogen (secondary N) is 1. The zero-order chi connectivity index (χ0) is 15.2. The second-order valence-electron chi connectivity index (χ2n) is 5.10. The first kappa shape index (κ1) is 14.5. The predicted molar refractivity (Wildman–Crippen MR) is 82.7 cm³/mol. The predicted octanol–water partition coefficient (Wildman–Crippen LogP) is 3.46. The lowest BCUT2D eigenvalue weighted by atomic mass is 10.2.